The number of aliphatic hydroxyl groups excluding tert-OH is 1. The van der Waals surface area contributed by atoms with Gasteiger partial charge in [0.25, 0.3) is 5.91 Å². The van der Waals surface area contributed by atoms with Crippen LogP contribution >= 0.6 is 11.3 Å². The van der Waals surface area contributed by atoms with Gasteiger partial charge in [-0.3, -0.25) is 9.59 Å². The minimum absolute atomic E-state index is 0.0745. The smallest absolute Gasteiger partial charge is 0.290 e. The lowest BCUT2D eigenvalue weighted by Crippen LogP contribution is -2.32. The first-order valence-electron chi connectivity index (χ1n) is 8.56. The predicted molar refractivity (Wildman–Crippen MR) is 102 cm³/mol. The van der Waals surface area contributed by atoms with E-state index in [1.165, 1.54) is 23.7 Å². The van der Waals surface area contributed by atoms with Gasteiger partial charge >= 0.3 is 0 Å². The topological polar surface area (TPSA) is 70.8 Å². The first-order chi connectivity index (χ1) is 13.2. The predicted octanol–water partition coefficient (Wildman–Crippen LogP) is 4.16. The highest BCUT2D eigenvalue weighted by atomic mass is 32.1. The zero-order valence-electron chi connectivity index (χ0n) is 14.4. The molecule has 1 atom stereocenters. The van der Waals surface area contributed by atoms with Crippen molar-refractivity contribution in [3.8, 4) is 0 Å². The third kappa shape index (κ3) is 3.19. The average molecular weight is 379 g/mol. The molecule has 1 aliphatic heterocycles. The van der Waals surface area contributed by atoms with Crippen LogP contribution in [0, 0.1) is 0 Å². The lowest BCUT2D eigenvalue weighted by Gasteiger charge is -2.25. The number of benzene rings is 1. The standard InChI is InChI=1S/C21H17NO4S/c23-19(15-8-4-12-26-15)17-18(16-9-5-13-27-16)22(21(25)20(17)24)11-10-14-6-2-1-3-7-14/h1-9,12-13,18,24H,10-11H2/t18-/m1/s1. The number of rotatable bonds is 6. The Morgan fingerprint density at radius 1 is 1.11 bits per heavy atom. The molecular formula is C21H17NO4S. The van der Waals surface area contributed by atoms with Gasteiger partial charge in [0.05, 0.1) is 17.9 Å². The molecule has 3 heterocycles. The summed E-state index contributed by atoms with van der Waals surface area (Å²) >= 11 is 1.45. The number of carbonyl (C=O) groups excluding carboxylic acids is 2. The highest BCUT2D eigenvalue weighted by Gasteiger charge is 2.44. The summed E-state index contributed by atoms with van der Waals surface area (Å²) in [6.07, 6.45) is 2.03. The van der Waals surface area contributed by atoms with E-state index in [-0.39, 0.29) is 11.3 Å². The number of ketones is 1. The Bertz CT molecular complexity index is 975. The Morgan fingerprint density at radius 2 is 1.93 bits per heavy atom. The average Bonchev–Trinajstić information content (AvgIpc) is 3.43. The summed E-state index contributed by atoms with van der Waals surface area (Å²) in [6.45, 7) is 0.393. The lowest BCUT2D eigenvalue weighted by molar-refractivity contribution is -0.129. The monoisotopic (exact) mass is 379 g/mol. The van der Waals surface area contributed by atoms with Crippen LogP contribution in [-0.4, -0.2) is 28.2 Å². The molecule has 1 N–H and O–H groups in total. The third-order valence-corrected chi connectivity index (χ3v) is 5.51. The van der Waals surface area contributed by atoms with Crippen molar-refractivity contribution in [2.45, 2.75) is 12.5 Å². The zero-order valence-corrected chi connectivity index (χ0v) is 15.2. The quantitative estimate of drug-likeness (QED) is 0.653. The van der Waals surface area contributed by atoms with Crippen molar-refractivity contribution in [3.63, 3.8) is 0 Å². The fourth-order valence-corrected chi connectivity index (χ4v) is 4.14. The summed E-state index contributed by atoms with van der Waals surface area (Å²) in [4.78, 5) is 28.0. The molecule has 136 valence electrons. The van der Waals surface area contributed by atoms with Gasteiger partial charge in [0.2, 0.25) is 5.78 Å². The molecule has 1 amide bonds. The second-order valence-corrected chi connectivity index (χ2v) is 7.20. The number of hydrogen-bond acceptors (Lipinski definition) is 5. The van der Waals surface area contributed by atoms with E-state index >= 15 is 0 Å². The van der Waals surface area contributed by atoms with Crippen molar-refractivity contribution in [3.05, 3.63) is 93.8 Å². The fraction of sp³-hybridized carbons (Fsp3) is 0.143. The Morgan fingerprint density at radius 3 is 2.59 bits per heavy atom. The first-order valence-corrected chi connectivity index (χ1v) is 9.44. The molecule has 0 fully saturated rings. The lowest BCUT2D eigenvalue weighted by atomic mass is 10.00. The van der Waals surface area contributed by atoms with Crippen LogP contribution in [0.25, 0.3) is 0 Å². The third-order valence-electron chi connectivity index (χ3n) is 4.59. The molecule has 0 saturated heterocycles. The molecule has 1 aliphatic rings. The van der Waals surface area contributed by atoms with Gasteiger partial charge < -0.3 is 14.4 Å². The molecule has 0 bridgehead atoms. The van der Waals surface area contributed by atoms with Crippen molar-refractivity contribution >= 4 is 23.0 Å². The van der Waals surface area contributed by atoms with E-state index in [4.69, 9.17) is 4.42 Å². The van der Waals surface area contributed by atoms with Crippen LogP contribution in [0.1, 0.15) is 27.0 Å². The number of nitrogens with zero attached hydrogens (tertiary/aromatic N) is 1. The van der Waals surface area contributed by atoms with Gasteiger partial charge in [-0.2, -0.15) is 0 Å². The second-order valence-electron chi connectivity index (χ2n) is 6.22. The number of Topliss-reactive ketones (excluding diaryl/α,β-unsaturated/α-hetero) is 1. The number of hydrogen-bond donors (Lipinski definition) is 1. The Hall–Kier alpha value is -3.12. The van der Waals surface area contributed by atoms with Crippen LogP contribution in [0.3, 0.4) is 0 Å². The normalized spacial score (nSPS) is 17.0. The molecule has 0 saturated carbocycles. The first kappa shape index (κ1) is 17.3. The second kappa shape index (κ2) is 7.25. The van der Waals surface area contributed by atoms with Crippen LogP contribution in [-0.2, 0) is 11.2 Å². The summed E-state index contributed by atoms with van der Waals surface area (Å²) < 4.78 is 5.20. The van der Waals surface area contributed by atoms with Crippen LogP contribution in [0.5, 0.6) is 0 Å². The molecule has 3 aromatic rings. The largest absolute Gasteiger partial charge is 0.503 e. The SMILES string of the molecule is O=C(C1=C(O)C(=O)N(CCc2ccccc2)[C@@H]1c1cccs1)c1ccco1. The van der Waals surface area contributed by atoms with Gasteiger partial charge in [-0.05, 0) is 35.6 Å². The van der Waals surface area contributed by atoms with Crippen molar-refractivity contribution in [1.82, 2.24) is 4.90 Å². The summed E-state index contributed by atoms with van der Waals surface area (Å²) in [7, 11) is 0. The molecule has 0 aliphatic carbocycles. The number of furan rings is 1. The number of aliphatic hydroxyl groups is 1. The van der Waals surface area contributed by atoms with E-state index in [1.54, 1.807) is 11.0 Å². The summed E-state index contributed by atoms with van der Waals surface area (Å²) in [5.41, 5.74) is 1.16. The fourth-order valence-electron chi connectivity index (χ4n) is 3.29. The van der Waals surface area contributed by atoms with Crippen LogP contribution in [0.4, 0.5) is 0 Å². The molecular weight excluding hydrogens is 362 g/mol. The highest BCUT2D eigenvalue weighted by Crippen LogP contribution is 2.40. The summed E-state index contributed by atoms with van der Waals surface area (Å²) in [5.74, 6) is -1.38. The van der Waals surface area contributed by atoms with Gasteiger partial charge in [-0.15, -0.1) is 11.3 Å². The van der Waals surface area contributed by atoms with Crippen LogP contribution in [0.15, 0.2) is 82.0 Å². The van der Waals surface area contributed by atoms with Gasteiger partial charge in [-0.25, -0.2) is 0 Å². The number of amides is 1. The Labute approximate surface area is 160 Å². The molecule has 1 aromatic carbocycles. The number of thiophene rings is 1. The van der Waals surface area contributed by atoms with Crippen molar-refractivity contribution in [1.29, 1.82) is 0 Å². The molecule has 2 aromatic heterocycles. The molecule has 0 unspecified atom stereocenters. The Kier molecular flexibility index (Phi) is 4.64. The van der Waals surface area contributed by atoms with E-state index < -0.39 is 23.5 Å². The number of carbonyl (C=O) groups is 2. The van der Waals surface area contributed by atoms with Crippen molar-refractivity contribution < 1.29 is 19.1 Å². The van der Waals surface area contributed by atoms with Crippen LogP contribution in [0.2, 0.25) is 0 Å². The van der Waals surface area contributed by atoms with E-state index in [9.17, 15) is 14.7 Å². The van der Waals surface area contributed by atoms with E-state index in [0.29, 0.717) is 13.0 Å². The molecule has 5 nitrogen and oxygen atoms in total. The van der Waals surface area contributed by atoms with Gasteiger partial charge in [0.15, 0.2) is 11.5 Å². The molecule has 6 heteroatoms. The molecule has 27 heavy (non-hydrogen) atoms. The zero-order chi connectivity index (χ0) is 18.8. The Balaban J connectivity index is 1.68. The maximum absolute atomic E-state index is 12.9. The summed E-state index contributed by atoms with van der Waals surface area (Å²) in [6, 6.07) is 16.1. The van der Waals surface area contributed by atoms with Gasteiger partial charge in [0.1, 0.15) is 0 Å². The van der Waals surface area contributed by atoms with Crippen LogP contribution < -0.4 is 0 Å². The molecule has 4 rings (SSSR count). The summed E-state index contributed by atoms with van der Waals surface area (Å²) in [5, 5.41) is 12.4. The van der Waals surface area contributed by atoms with Crippen molar-refractivity contribution in [2.24, 2.45) is 0 Å². The minimum Gasteiger partial charge on any atom is -0.503 e. The van der Waals surface area contributed by atoms with Gasteiger partial charge in [0, 0.05) is 11.4 Å². The van der Waals surface area contributed by atoms with E-state index in [0.717, 1.165) is 10.4 Å². The maximum atomic E-state index is 12.9. The van der Waals surface area contributed by atoms with Gasteiger partial charge in [-0.1, -0.05) is 36.4 Å². The van der Waals surface area contributed by atoms with E-state index in [2.05, 4.69) is 0 Å². The van der Waals surface area contributed by atoms with Crippen molar-refractivity contribution in [2.75, 3.05) is 6.54 Å². The minimum atomic E-state index is -0.612. The molecule has 0 spiro atoms. The maximum Gasteiger partial charge on any atom is 0.290 e. The highest BCUT2D eigenvalue weighted by molar-refractivity contribution is 7.10. The molecule has 0 radical (unpaired) electrons. The van der Waals surface area contributed by atoms with E-state index in [1.807, 2.05) is 47.8 Å².